The number of aliphatic hydroxyl groups is 1. The smallest absolute Gasteiger partial charge is 0.320 e. The molecule has 6 nitrogen and oxygen atoms in total. The topological polar surface area (TPSA) is 89.7 Å². The number of halogens is 1. The number of aliphatic hydroxyl groups excluding tert-OH is 1. The molecule has 98 valence electrons. The first-order chi connectivity index (χ1) is 7.99. The third-order valence-corrected chi connectivity index (χ3v) is 5.15. The van der Waals surface area contributed by atoms with Crippen LogP contribution in [-0.4, -0.2) is 51.1 Å². The largest absolute Gasteiger partial charge is 0.465 e. The molecule has 1 heterocycles. The van der Waals surface area contributed by atoms with Crippen LogP contribution in [-0.2, 0) is 9.53 Å². The van der Waals surface area contributed by atoms with Gasteiger partial charge in [0.25, 0.3) is 5.54 Å². The Kier molecular flexibility index (Phi) is 5.21. The molecule has 1 fully saturated rings. The fraction of sp³-hybridized carbons (Fsp3) is 0.889. The first-order valence-electron chi connectivity index (χ1n) is 5.13. The van der Waals surface area contributed by atoms with Crippen LogP contribution in [0.1, 0.15) is 6.92 Å². The summed E-state index contributed by atoms with van der Waals surface area (Å²) in [5.74, 6) is -0.412. The Balaban J connectivity index is 2.88. The van der Waals surface area contributed by atoms with Crippen molar-refractivity contribution in [3.63, 3.8) is 0 Å². The van der Waals surface area contributed by atoms with E-state index in [1.807, 2.05) is 0 Å². The molecule has 0 aromatic heterocycles. The lowest BCUT2D eigenvalue weighted by Crippen LogP contribution is -2.53. The van der Waals surface area contributed by atoms with Crippen LogP contribution in [0.5, 0.6) is 0 Å². The van der Waals surface area contributed by atoms with Gasteiger partial charge in [0.1, 0.15) is 11.4 Å². The quantitative estimate of drug-likeness (QED) is 0.346. The molecule has 1 N–H and O–H groups in total. The van der Waals surface area contributed by atoms with Crippen LogP contribution in [0.15, 0.2) is 0 Å². The highest BCUT2D eigenvalue weighted by atomic mass is 79.9. The van der Waals surface area contributed by atoms with Crippen molar-refractivity contribution in [2.24, 2.45) is 5.92 Å². The summed E-state index contributed by atoms with van der Waals surface area (Å²) in [6, 6.07) is 0. The number of alkyl halides is 1. The fourth-order valence-corrected chi connectivity index (χ4v) is 4.47. The minimum atomic E-state index is -1.45. The van der Waals surface area contributed by atoms with E-state index >= 15 is 0 Å². The summed E-state index contributed by atoms with van der Waals surface area (Å²) in [7, 11) is 0. The van der Waals surface area contributed by atoms with Crippen LogP contribution in [0.2, 0.25) is 0 Å². The highest BCUT2D eigenvalue weighted by Gasteiger charge is 2.58. The van der Waals surface area contributed by atoms with Crippen molar-refractivity contribution in [1.29, 1.82) is 0 Å². The SMILES string of the molecule is CCOC(=O)C(Br)C1CSCC1(CO)[N+](=O)[O-]. The summed E-state index contributed by atoms with van der Waals surface area (Å²) in [5, 5.41) is 20.4. The van der Waals surface area contributed by atoms with Crippen molar-refractivity contribution in [2.45, 2.75) is 17.3 Å². The van der Waals surface area contributed by atoms with Gasteiger partial charge in [-0.3, -0.25) is 14.9 Å². The maximum atomic E-state index is 11.6. The molecular weight excluding hydrogens is 314 g/mol. The number of nitrogens with zero attached hydrogens (tertiary/aromatic N) is 1. The predicted molar refractivity (Wildman–Crippen MR) is 67.0 cm³/mol. The molecule has 0 bridgehead atoms. The zero-order chi connectivity index (χ0) is 13.1. The summed E-state index contributed by atoms with van der Waals surface area (Å²) in [6.45, 7) is 1.33. The van der Waals surface area contributed by atoms with Gasteiger partial charge >= 0.3 is 5.97 Å². The van der Waals surface area contributed by atoms with Crippen molar-refractivity contribution in [3.05, 3.63) is 10.1 Å². The molecule has 3 atom stereocenters. The van der Waals surface area contributed by atoms with Crippen molar-refractivity contribution in [3.8, 4) is 0 Å². The van der Waals surface area contributed by atoms with Gasteiger partial charge < -0.3 is 9.84 Å². The molecule has 1 rings (SSSR count). The molecule has 0 aromatic rings. The molecule has 0 aliphatic carbocycles. The number of ether oxygens (including phenoxy) is 1. The maximum absolute atomic E-state index is 11.6. The molecule has 0 spiro atoms. The number of nitro groups is 1. The van der Waals surface area contributed by atoms with E-state index < -0.39 is 33.8 Å². The Morgan fingerprint density at radius 2 is 2.47 bits per heavy atom. The first-order valence-corrected chi connectivity index (χ1v) is 7.20. The molecule has 0 saturated carbocycles. The van der Waals surface area contributed by atoms with E-state index in [0.717, 1.165) is 0 Å². The van der Waals surface area contributed by atoms with Crippen LogP contribution in [0.4, 0.5) is 0 Å². The standard InChI is InChI=1S/C9H14BrNO5S/c1-2-16-8(13)7(10)6-3-17-5-9(6,4-12)11(14)15/h6-7,12H,2-5H2,1H3. The molecular formula is C9H14BrNO5S. The summed E-state index contributed by atoms with van der Waals surface area (Å²) in [6.07, 6.45) is 0. The van der Waals surface area contributed by atoms with Gasteiger partial charge in [-0.2, -0.15) is 11.8 Å². The Morgan fingerprint density at radius 3 is 2.94 bits per heavy atom. The van der Waals surface area contributed by atoms with E-state index in [9.17, 15) is 20.0 Å². The van der Waals surface area contributed by atoms with Gasteiger partial charge in [0.15, 0.2) is 0 Å². The van der Waals surface area contributed by atoms with Gasteiger partial charge in [-0.05, 0) is 6.92 Å². The average Bonchev–Trinajstić information content (AvgIpc) is 2.73. The monoisotopic (exact) mass is 327 g/mol. The second-order valence-electron chi connectivity index (χ2n) is 3.79. The Hall–Kier alpha value is -0.340. The zero-order valence-corrected chi connectivity index (χ0v) is 11.7. The molecule has 3 unspecified atom stereocenters. The number of esters is 1. The molecule has 1 aliphatic rings. The number of hydrogen-bond donors (Lipinski definition) is 1. The Morgan fingerprint density at radius 1 is 1.82 bits per heavy atom. The van der Waals surface area contributed by atoms with Gasteiger partial charge in [-0.15, -0.1) is 0 Å². The van der Waals surface area contributed by atoms with E-state index in [0.29, 0.717) is 5.75 Å². The number of carbonyl (C=O) groups excluding carboxylic acids is 1. The van der Waals surface area contributed by atoms with E-state index in [2.05, 4.69) is 15.9 Å². The molecule has 0 amide bonds. The summed E-state index contributed by atoms with van der Waals surface area (Å²) >= 11 is 4.52. The number of rotatable bonds is 5. The molecule has 0 aromatic carbocycles. The summed E-state index contributed by atoms with van der Waals surface area (Å²) in [4.78, 5) is 21.4. The molecule has 17 heavy (non-hydrogen) atoms. The first kappa shape index (κ1) is 14.7. The maximum Gasteiger partial charge on any atom is 0.320 e. The molecule has 0 radical (unpaired) electrons. The fourth-order valence-electron chi connectivity index (χ4n) is 1.78. The lowest BCUT2D eigenvalue weighted by Gasteiger charge is -2.26. The normalized spacial score (nSPS) is 29.9. The van der Waals surface area contributed by atoms with E-state index in [4.69, 9.17) is 4.74 Å². The summed E-state index contributed by atoms with van der Waals surface area (Å²) < 4.78 is 4.83. The van der Waals surface area contributed by atoms with Crippen molar-refractivity contribution >= 4 is 33.7 Å². The minimum absolute atomic E-state index is 0.211. The van der Waals surface area contributed by atoms with E-state index in [1.54, 1.807) is 6.92 Å². The minimum Gasteiger partial charge on any atom is -0.465 e. The second-order valence-corrected chi connectivity index (χ2v) is 5.81. The van der Waals surface area contributed by atoms with Crippen LogP contribution in [0.3, 0.4) is 0 Å². The lowest BCUT2D eigenvalue weighted by atomic mass is 9.86. The molecule has 8 heteroatoms. The Labute approximate surface area is 111 Å². The van der Waals surface area contributed by atoms with E-state index in [-0.39, 0.29) is 12.4 Å². The summed E-state index contributed by atoms with van der Waals surface area (Å²) in [5.41, 5.74) is -1.45. The van der Waals surface area contributed by atoms with Crippen molar-refractivity contribution in [2.75, 3.05) is 24.7 Å². The van der Waals surface area contributed by atoms with Crippen LogP contribution < -0.4 is 0 Å². The predicted octanol–water partition coefficient (Wildman–Crippen LogP) is 0.684. The van der Waals surface area contributed by atoms with Crippen molar-refractivity contribution in [1.82, 2.24) is 0 Å². The van der Waals surface area contributed by atoms with Crippen LogP contribution in [0, 0.1) is 16.0 Å². The Bertz CT molecular complexity index is 316. The number of carbonyl (C=O) groups is 1. The third-order valence-electron chi connectivity index (χ3n) is 2.84. The lowest BCUT2D eigenvalue weighted by molar-refractivity contribution is -0.575. The molecule has 1 saturated heterocycles. The average molecular weight is 328 g/mol. The van der Waals surface area contributed by atoms with Gasteiger partial charge in [-0.25, -0.2) is 0 Å². The second kappa shape index (κ2) is 6.01. The zero-order valence-electron chi connectivity index (χ0n) is 9.30. The highest BCUT2D eigenvalue weighted by molar-refractivity contribution is 9.10. The van der Waals surface area contributed by atoms with Gasteiger partial charge in [0.05, 0.1) is 18.3 Å². The van der Waals surface area contributed by atoms with Crippen LogP contribution in [0.25, 0.3) is 0 Å². The van der Waals surface area contributed by atoms with Gasteiger partial charge in [0, 0.05) is 10.7 Å². The van der Waals surface area contributed by atoms with Gasteiger partial charge in [0.2, 0.25) is 0 Å². The van der Waals surface area contributed by atoms with Crippen molar-refractivity contribution < 1.29 is 19.6 Å². The molecule has 1 aliphatic heterocycles. The van der Waals surface area contributed by atoms with E-state index in [1.165, 1.54) is 11.8 Å². The van der Waals surface area contributed by atoms with Gasteiger partial charge in [-0.1, -0.05) is 15.9 Å². The number of hydrogen-bond acceptors (Lipinski definition) is 6. The number of thioether (sulfide) groups is 1. The third kappa shape index (κ3) is 2.74. The highest BCUT2D eigenvalue weighted by Crippen LogP contribution is 2.40. The van der Waals surface area contributed by atoms with Crippen LogP contribution >= 0.6 is 27.7 Å².